The Hall–Kier alpha value is -0.680. The zero-order chi connectivity index (χ0) is 10.7. The molecule has 1 fully saturated rings. The second kappa shape index (κ2) is 4.70. The quantitative estimate of drug-likeness (QED) is 0.379. The van der Waals surface area contributed by atoms with Crippen LogP contribution >= 0.6 is 23.2 Å². The number of alkyl halides is 2. The van der Waals surface area contributed by atoms with Crippen molar-refractivity contribution < 1.29 is 4.79 Å². The summed E-state index contributed by atoms with van der Waals surface area (Å²) in [6, 6.07) is 0. The molecule has 1 saturated heterocycles. The number of piperazine rings is 1. The molecule has 0 aliphatic carbocycles. The summed E-state index contributed by atoms with van der Waals surface area (Å²) >= 11 is 10.9. The van der Waals surface area contributed by atoms with Crippen molar-refractivity contribution in [3.63, 3.8) is 0 Å². The smallest absolute Gasteiger partial charge is 0.255 e. The molecule has 1 rings (SSSR count). The van der Waals surface area contributed by atoms with Gasteiger partial charge in [0.1, 0.15) is 0 Å². The SMILES string of the molecule is N=C(N)N1CCN(C(=O)C(Cl)Cl)CC1. The van der Waals surface area contributed by atoms with E-state index in [1.807, 2.05) is 0 Å². The summed E-state index contributed by atoms with van der Waals surface area (Å²) in [5, 5.41) is 7.19. The third kappa shape index (κ3) is 2.65. The highest BCUT2D eigenvalue weighted by Gasteiger charge is 2.24. The van der Waals surface area contributed by atoms with E-state index in [1.54, 1.807) is 9.80 Å². The largest absolute Gasteiger partial charge is 0.370 e. The minimum absolute atomic E-state index is 0.0328. The molecule has 0 aromatic carbocycles. The van der Waals surface area contributed by atoms with Crippen molar-refractivity contribution in [2.45, 2.75) is 4.84 Å². The third-order valence-corrected chi connectivity index (χ3v) is 2.49. The predicted molar refractivity (Wildman–Crippen MR) is 55.6 cm³/mol. The average Bonchev–Trinajstić information content (AvgIpc) is 2.16. The minimum Gasteiger partial charge on any atom is -0.370 e. The number of nitrogens with two attached hydrogens (primary N) is 1. The van der Waals surface area contributed by atoms with Crippen LogP contribution < -0.4 is 5.73 Å². The number of nitrogens with one attached hydrogen (secondary N) is 1. The van der Waals surface area contributed by atoms with E-state index in [-0.39, 0.29) is 11.9 Å². The summed E-state index contributed by atoms with van der Waals surface area (Å²) in [4.78, 5) is 13.6. The highest BCUT2D eigenvalue weighted by Crippen LogP contribution is 2.09. The van der Waals surface area contributed by atoms with Crippen LogP contribution in [0.3, 0.4) is 0 Å². The van der Waals surface area contributed by atoms with Crippen LogP contribution in [0.15, 0.2) is 0 Å². The first kappa shape index (κ1) is 11.4. The van der Waals surface area contributed by atoms with Crippen LogP contribution in [0, 0.1) is 5.41 Å². The fourth-order valence-corrected chi connectivity index (χ4v) is 1.58. The molecular weight excluding hydrogens is 227 g/mol. The number of guanidine groups is 1. The number of carbonyl (C=O) groups excluding carboxylic acids is 1. The summed E-state index contributed by atoms with van der Waals surface area (Å²) in [7, 11) is 0. The molecule has 0 radical (unpaired) electrons. The van der Waals surface area contributed by atoms with Crippen molar-refractivity contribution >= 4 is 35.1 Å². The molecule has 5 nitrogen and oxygen atoms in total. The summed E-state index contributed by atoms with van der Waals surface area (Å²) in [6.07, 6.45) is 0. The van der Waals surface area contributed by atoms with Crippen molar-refractivity contribution in [1.82, 2.24) is 9.80 Å². The Kier molecular flexibility index (Phi) is 3.83. The van der Waals surface area contributed by atoms with Gasteiger partial charge in [0.15, 0.2) is 10.8 Å². The average molecular weight is 239 g/mol. The minimum atomic E-state index is -1.00. The van der Waals surface area contributed by atoms with Crippen LogP contribution in [-0.4, -0.2) is 52.7 Å². The van der Waals surface area contributed by atoms with E-state index in [0.29, 0.717) is 26.2 Å². The zero-order valence-corrected chi connectivity index (χ0v) is 9.05. The number of nitrogens with zero attached hydrogens (tertiary/aromatic N) is 2. The zero-order valence-electron chi connectivity index (χ0n) is 7.54. The lowest BCUT2D eigenvalue weighted by atomic mass is 10.3. The number of hydrogen-bond donors (Lipinski definition) is 2. The summed E-state index contributed by atoms with van der Waals surface area (Å²) in [5.74, 6) is -0.248. The number of amides is 1. The Morgan fingerprint density at radius 2 is 1.64 bits per heavy atom. The number of hydrogen-bond acceptors (Lipinski definition) is 2. The fraction of sp³-hybridized carbons (Fsp3) is 0.714. The molecule has 3 N–H and O–H groups in total. The van der Waals surface area contributed by atoms with E-state index >= 15 is 0 Å². The molecule has 1 amide bonds. The van der Waals surface area contributed by atoms with Gasteiger partial charge >= 0.3 is 0 Å². The molecule has 80 valence electrons. The third-order valence-electron chi connectivity index (χ3n) is 2.12. The summed E-state index contributed by atoms with van der Waals surface area (Å²) in [6.45, 7) is 2.13. The molecule has 0 aromatic heterocycles. The lowest BCUT2D eigenvalue weighted by Gasteiger charge is -2.35. The topological polar surface area (TPSA) is 73.4 Å². The van der Waals surface area contributed by atoms with Crippen molar-refractivity contribution in [3.05, 3.63) is 0 Å². The Bertz CT molecular complexity index is 238. The van der Waals surface area contributed by atoms with Gasteiger partial charge in [-0.15, -0.1) is 0 Å². The summed E-state index contributed by atoms with van der Waals surface area (Å²) in [5.41, 5.74) is 5.30. The molecule has 0 atom stereocenters. The van der Waals surface area contributed by atoms with Crippen LogP contribution in [-0.2, 0) is 4.79 Å². The van der Waals surface area contributed by atoms with Crippen molar-refractivity contribution in [3.8, 4) is 0 Å². The van der Waals surface area contributed by atoms with Gasteiger partial charge in [-0.2, -0.15) is 0 Å². The second-order valence-electron chi connectivity index (χ2n) is 3.00. The molecule has 0 aromatic rings. The van der Waals surface area contributed by atoms with Gasteiger partial charge in [0.05, 0.1) is 0 Å². The normalized spacial score (nSPS) is 17.4. The summed E-state index contributed by atoms with van der Waals surface area (Å²) < 4.78 is 0. The molecule has 0 unspecified atom stereocenters. The Morgan fingerprint density at radius 3 is 2.00 bits per heavy atom. The lowest BCUT2D eigenvalue weighted by molar-refractivity contribution is -0.130. The molecule has 0 bridgehead atoms. The monoisotopic (exact) mass is 238 g/mol. The molecule has 0 spiro atoms. The molecule has 1 heterocycles. The first-order chi connectivity index (χ1) is 6.52. The molecular formula is C7H12Cl2N4O. The van der Waals surface area contributed by atoms with Crippen molar-refractivity contribution in [1.29, 1.82) is 5.41 Å². The van der Waals surface area contributed by atoms with E-state index in [4.69, 9.17) is 34.3 Å². The van der Waals surface area contributed by atoms with Gasteiger partial charge in [-0.3, -0.25) is 10.2 Å². The van der Waals surface area contributed by atoms with Gasteiger partial charge in [-0.25, -0.2) is 0 Å². The maximum atomic E-state index is 11.3. The lowest BCUT2D eigenvalue weighted by Crippen LogP contribution is -2.53. The number of halogens is 2. The van der Waals surface area contributed by atoms with Gasteiger partial charge < -0.3 is 15.5 Å². The van der Waals surface area contributed by atoms with E-state index in [2.05, 4.69) is 0 Å². The number of rotatable bonds is 1. The predicted octanol–water partition coefficient (Wildman–Crippen LogP) is -0.172. The number of carbonyl (C=O) groups is 1. The van der Waals surface area contributed by atoms with E-state index < -0.39 is 4.84 Å². The van der Waals surface area contributed by atoms with Crippen LogP contribution in [0.1, 0.15) is 0 Å². The van der Waals surface area contributed by atoms with Crippen LogP contribution in [0.5, 0.6) is 0 Å². The second-order valence-corrected chi connectivity index (χ2v) is 4.09. The van der Waals surface area contributed by atoms with Gasteiger partial charge in [0, 0.05) is 26.2 Å². The Labute approximate surface area is 92.2 Å². The maximum absolute atomic E-state index is 11.3. The highest BCUT2D eigenvalue weighted by molar-refractivity contribution is 6.53. The molecule has 7 heteroatoms. The molecule has 0 saturated carbocycles. The van der Waals surface area contributed by atoms with Crippen LogP contribution in [0.25, 0.3) is 0 Å². The van der Waals surface area contributed by atoms with Crippen LogP contribution in [0.4, 0.5) is 0 Å². The van der Waals surface area contributed by atoms with Crippen molar-refractivity contribution in [2.24, 2.45) is 5.73 Å². The van der Waals surface area contributed by atoms with Gasteiger partial charge in [0.25, 0.3) is 5.91 Å². The van der Waals surface area contributed by atoms with E-state index in [9.17, 15) is 4.79 Å². The first-order valence-corrected chi connectivity index (χ1v) is 5.05. The molecule has 1 aliphatic rings. The van der Waals surface area contributed by atoms with E-state index in [1.165, 1.54) is 0 Å². The molecule has 1 aliphatic heterocycles. The first-order valence-electron chi connectivity index (χ1n) is 4.18. The highest BCUT2D eigenvalue weighted by atomic mass is 35.5. The van der Waals surface area contributed by atoms with Gasteiger partial charge in [0.2, 0.25) is 0 Å². The van der Waals surface area contributed by atoms with E-state index in [0.717, 1.165) is 0 Å². The van der Waals surface area contributed by atoms with Crippen molar-refractivity contribution in [2.75, 3.05) is 26.2 Å². The van der Waals surface area contributed by atoms with Crippen LogP contribution in [0.2, 0.25) is 0 Å². The maximum Gasteiger partial charge on any atom is 0.255 e. The standard InChI is InChI=1S/C7H12Cl2N4O/c8-5(9)6(14)12-1-3-13(4-2-12)7(10)11/h5H,1-4H2,(H3,10,11). The fourth-order valence-electron chi connectivity index (χ4n) is 1.31. The Balaban J connectivity index is 2.43. The van der Waals surface area contributed by atoms with Gasteiger partial charge in [-0.1, -0.05) is 23.2 Å². The Morgan fingerprint density at radius 1 is 1.21 bits per heavy atom. The van der Waals surface area contributed by atoms with Gasteiger partial charge in [-0.05, 0) is 0 Å². The molecule has 14 heavy (non-hydrogen) atoms.